The van der Waals surface area contributed by atoms with Crippen molar-refractivity contribution in [2.24, 2.45) is 29.4 Å². The fraction of sp³-hybridized carbons (Fsp3) is 0.680. The van der Waals surface area contributed by atoms with Crippen molar-refractivity contribution >= 4 is 23.5 Å². The van der Waals surface area contributed by atoms with Crippen molar-refractivity contribution in [3.8, 4) is 0 Å². The molecule has 4 aliphatic rings. The second kappa shape index (κ2) is 10.2. The maximum absolute atomic E-state index is 13.4. The lowest BCUT2D eigenvalue weighted by molar-refractivity contribution is -0.143. The number of nitrogens with zero attached hydrogens (tertiary/aromatic N) is 1. The molecule has 1 saturated heterocycles. The number of ketones is 1. The van der Waals surface area contributed by atoms with Crippen molar-refractivity contribution < 1.29 is 19.2 Å². The van der Waals surface area contributed by atoms with Crippen molar-refractivity contribution in [3.05, 3.63) is 24.8 Å². The molecular weight excluding hydrogens is 420 g/mol. The minimum atomic E-state index is -0.887. The van der Waals surface area contributed by atoms with E-state index in [2.05, 4.69) is 17.2 Å². The van der Waals surface area contributed by atoms with Crippen molar-refractivity contribution in [1.29, 1.82) is 0 Å². The molecule has 8 heteroatoms. The van der Waals surface area contributed by atoms with Crippen LogP contribution in [0, 0.1) is 23.7 Å². The van der Waals surface area contributed by atoms with Crippen LogP contribution in [0.25, 0.3) is 0 Å². The summed E-state index contributed by atoms with van der Waals surface area (Å²) in [6.07, 6.45) is 13.2. The largest absolute Gasteiger partial charge is 0.346 e. The molecule has 33 heavy (non-hydrogen) atoms. The third-order valence-corrected chi connectivity index (χ3v) is 7.71. The molecule has 3 aliphatic carbocycles. The molecule has 5 atom stereocenters. The summed E-state index contributed by atoms with van der Waals surface area (Å²) in [5.74, 6) is -1.36. The van der Waals surface area contributed by atoms with Crippen LogP contribution in [0.4, 0.5) is 0 Å². The average Bonchev–Trinajstić information content (AvgIpc) is 3.59. The van der Waals surface area contributed by atoms with Crippen molar-refractivity contribution in [2.75, 3.05) is 13.1 Å². The molecule has 0 aromatic carbocycles. The van der Waals surface area contributed by atoms with Crippen LogP contribution in [0.3, 0.4) is 0 Å². The number of nitrogens with two attached hydrogens (primary N) is 1. The zero-order chi connectivity index (χ0) is 23.5. The Kier molecular flexibility index (Phi) is 7.32. The molecule has 4 rings (SSSR count). The van der Waals surface area contributed by atoms with E-state index in [0.717, 1.165) is 38.5 Å². The van der Waals surface area contributed by atoms with E-state index in [1.54, 1.807) is 4.90 Å². The molecule has 2 saturated carbocycles. The monoisotopic (exact) mass is 456 g/mol. The third-order valence-electron chi connectivity index (χ3n) is 7.71. The van der Waals surface area contributed by atoms with E-state index >= 15 is 0 Å². The Balaban J connectivity index is 1.45. The molecule has 0 aromatic heterocycles. The summed E-state index contributed by atoms with van der Waals surface area (Å²) in [5.41, 5.74) is 6.40. The van der Waals surface area contributed by atoms with E-state index in [0.29, 0.717) is 18.9 Å². The van der Waals surface area contributed by atoms with Gasteiger partial charge in [0.05, 0.1) is 12.1 Å². The van der Waals surface area contributed by atoms with E-state index in [-0.39, 0.29) is 36.1 Å². The minimum absolute atomic E-state index is 0.0706. The molecule has 3 fully saturated rings. The number of carbonyl (C=O) groups is 4. The number of rotatable bonds is 10. The Hall–Kier alpha value is -2.48. The first-order chi connectivity index (χ1) is 15.9. The lowest BCUT2D eigenvalue weighted by Crippen LogP contribution is -2.57. The first-order valence-corrected chi connectivity index (χ1v) is 12.4. The number of hydrogen-bond acceptors (Lipinski definition) is 5. The lowest BCUT2D eigenvalue weighted by atomic mass is 9.80. The number of hydrogen-bond donors (Lipinski definition) is 3. The molecule has 1 aliphatic heterocycles. The van der Waals surface area contributed by atoms with Crippen LogP contribution in [0.1, 0.15) is 51.4 Å². The fourth-order valence-corrected chi connectivity index (χ4v) is 5.48. The fourth-order valence-electron chi connectivity index (χ4n) is 5.48. The summed E-state index contributed by atoms with van der Waals surface area (Å²) in [4.78, 5) is 53.5. The molecule has 1 heterocycles. The van der Waals surface area contributed by atoms with E-state index in [1.165, 1.54) is 12.5 Å². The first-order valence-electron chi connectivity index (χ1n) is 12.4. The Bertz CT molecular complexity index is 830. The molecule has 0 bridgehead atoms. The molecule has 0 radical (unpaired) electrons. The molecule has 8 nitrogen and oxygen atoms in total. The number of amides is 3. The topological polar surface area (TPSA) is 122 Å². The van der Waals surface area contributed by atoms with Gasteiger partial charge in [0, 0.05) is 24.9 Å². The standard InChI is InChI=1S/C25H36N4O4/c1-2-12-27-24(32)22(30)19(13-15-8-9-15)28-23(31)21-18-11-10-17(18)14-29(21)25(33)20(26)16-6-4-3-5-7-16/h2,10-11,15-21H,1,3-9,12-14,26H2,(H,27,32)(H,28,31)/t17?,18?,19?,20-,21-/m0/s1. The average molecular weight is 457 g/mol. The van der Waals surface area contributed by atoms with Crippen LogP contribution < -0.4 is 16.4 Å². The zero-order valence-electron chi connectivity index (χ0n) is 19.2. The van der Waals surface area contributed by atoms with Gasteiger partial charge in [-0.3, -0.25) is 19.2 Å². The quantitative estimate of drug-likeness (QED) is 0.335. The van der Waals surface area contributed by atoms with Gasteiger partial charge in [-0.15, -0.1) is 6.58 Å². The Morgan fingerprint density at radius 2 is 1.82 bits per heavy atom. The second-order valence-corrected chi connectivity index (χ2v) is 10.1. The highest BCUT2D eigenvalue weighted by atomic mass is 16.2. The van der Waals surface area contributed by atoms with Gasteiger partial charge in [-0.05, 0) is 31.1 Å². The normalized spacial score (nSPS) is 28.3. The zero-order valence-corrected chi connectivity index (χ0v) is 19.2. The molecule has 3 unspecified atom stereocenters. The molecule has 180 valence electrons. The van der Waals surface area contributed by atoms with E-state index < -0.39 is 29.8 Å². The smallest absolute Gasteiger partial charge is 0.289 e. The second-order valence-electron chi connectivity index (χ2n) is 10.1. The maximum Gasteiger partial charge on any atom is 0.289 e. The van der Waals surface area contributed by atoms with Gasteiger partial charge in [0.15, 0.2) is 0 Å². The van der Waals surface area contributed by atoms with Crippen LogP contribution in [0.5, 0.6) is 0 Å². The Morgan fingerprint density at radius 3 is 2.42 bits per heavy atom. The molecule has 3 amide bonds. The van der Waals surface area contributed by atoms with Crippen molar-refractivity contribution in [1.82, 2.24) is 15.5 Å². The van der Waals surface area contributed by atoms with Crippen LogP contribution in [0.2, 0.25) is 0 Å². The van der Waals surface area contributed by atoms with Gasteiger partial charge in [0.25, 0.3) is 5.91 Å². The van der Waals surface area contributed by atoms with Crippen LogP contribution in [-0.2, 0) is 19.2 Å². The summed E-state index contributed by atoms with van der Waals surface area (Å²) in [6.45, 7) is 4.20. The molecule has 4 N–H and O–H groups in total. The summed E-state index contributed by atoms with van der Waals surface area (Å²) >= 11 is 0. The molecule has 0 spiro atoms. The van der Waals surface area contributed by atoms with Crippen molar-refractivity contribution in [3.63, 3.8) is 0 Å². The van der Waals surface area contributed by atoms with E-state index in [9.17, 15) is 19.2 Å². The van der Waals surface area contributed by atoms with Gasteiger partial charge in [0.2, 0.25) is 17.6 Å². The molecular formula is C25H36N4O4. The lowest BCUT2D eigenvalue weighted by Gasteiger charge is -2.33. The number of nitrogens with one attached hydrogen (secondary N) is 2. The maximum atomic E-state index is 13.4. The highest BCUT2D eigenvalue weighted by Crippen LogP contribution is 2.40. The first kappa shape index (κ1) is 23.7. The third kappa shape index (κ3) is 5.21. The number of Topliss-reactive ketones (excluding diaryl/α,β-unsaturated/α-hetero) is 1. The summed E-state index contributed by atoms with van der Waals surface area (Å²) < 4.78 is 0. The highest BCUT2D eigenvalue weighted by Gasteiger charge is 2.51. The highest BCUT2D eigenvalue weighted by molar-refractivity contribution is 6.38. The molecule has 0 aromatic rings. The number of likely N-dealkylation sites (tertiary alicyclic amines) is 1. The van der Waals surface area contributed by atoms with Gasteiger partial charge in [-0.25, -0.2) is 0 Å². The van der Waals surface area contributed by atoms with E-state index in [4.69, 9.17) is 5.73 Å². The van der Waals surface area contributed by atoms with Gasteiger partial charge >= 0.3 is 0 Å². The summed E-state index contributed by atoms with van der Waals surface area (Å²) in [7, 11) is 0. The van der Waals surface area contributed by atoms with Gasteiger partial charge in [0.1, 0.15) is 6.04 Å². The van der Waals surface area contributed by atoms with Gasteiger partial charge in [-0.2, -0.15) is 0 Å². The Morgan fingerprint density at radius 1 is 1.09 bits per heavy atom. The number of carbonyl (C=O) groups excluding carboxylic acids is 4. The summed E-state index contributed by atoms with van der Waals surface area (Å²) in [5, 5.41) is 5.34. The Labute approximate surface area is 195 Å². The van der Waals surface area contributed by atoms with Crippen LogP contribution in [-0.4, -0.2) is 59.6 Å². The predicted octanol–water partition coefficient (Wildman–Crippen LogP) is 1.06. The van der Waals surface area contributed by atoms with Gasteiger partial charge in [-0.1, -0.05) is 50.3 Å². The number of fused-ring (bicyclic) bond motifs is 1. The SMILES string of the molecule is C=CCNC(=O)C(=O)C(CC1CC1)NC(=O)[C@@H]1C2C=CC2CN1C(=O)[C@@H](N)C1CCCCC1. The van der Waals surface area contributed by atoms with E-state index in [1.807, 2.05) is 12.2 Å². The van der Waals surface area contributed by atoms with Crippen LogP contribution >= 0.6 is 0 Å². The predicted molar refractivity (Wildman–Crippen MR) is 124 cm³/mol. The van der Waals surface area contributed by atoms with Crippen LogP contribution in [0.15, 0.2) is 24.8 Å². The summed E-state index contributed by atoms with van der Waals surface area (Å²) in [6, 6.07) is -2.18. The van der Waals surface area contributed by atoms with Crippen molar-refractivity contribution in [2.45, 2.75) is 69.5 Å². The van der Waals surface area contributed by atoms with Gasteiger partial charge < -0.3 is 21.3 Å². The minimum Gasteiger partial charge on any atom is -0.346 e.